The summed E-state index contributed by atoms with van der Waals surface area (Å²) in [6, 6.07) is 0. The molecule has 4 rings (SSSR count). The lowest BCUT2D eigenvalue weighted by atomic mass is 9.69. The van der Waals surface area contributed by atoms with Gasteiger partial charge in [0, 0.05) is 42.5 Å². The molecular weight excluding hydrogens is 533 g/mol. The Balaban J connectivity index is 1.38. The molecule has 0 radical (unpaired) electrons. The lowest BCUT2D eigenvalue weighted by molar-refractivity contribution is -0.0579. The summed E-state index contributed by atoms with van der Waals surface area (Å²) in [5, 5.41) is 21.0. The van der Waals surface area contributed by atoms with Crippen LogP contribution < -0.4 is 0 Å². The molecule has 2 saturated heterocycles. The Labute approximate surface area is 211 Å². The van der Waals surface area contributed by atoms with E-state index in [-0.39, 0.29) is 16.1 Å². The normalized spacial score (nSPS) is 37.1. The van der Waals surface area contributed by atoms with Crippen LogP contribution in [0.3, 0.4) is 0 Å². The third-order valence-electron chi connectivity index (χ3n) is 7.55. The lowest BCUT2D eigenvalue weighted by Gasteiger charge is -2.39. The van der Waals surface area contributed by atoms with Gasteiger partial charge in [-0.05, 0) is 55.9 Å². The van der Waals surface area contributed by atoms with Gasteiger partial charge >= 0.3 is 0 Å². The van der Waals surface area contributed by atoms with Crippen molar-refractivity contribution < 1.29 is 14.9 Å². The van der Waals surface area contributed by atoms with Gasteiger partial charge in [0.2, 0.25) is 0 Å². The molecule has 3 unspecified atom stereocenters. The summed E-state index contributed by atoms with van der Waals surface area (Å²) in [6.07, 6.45) is 19.8. The number of alkyl halides is 1. The van der Waals surface area contributed by atoms with Gasteiger partial charge in [0.15, 0.2) is 0 Å². The van der Waals surface area contributed by atoms with Crippen LogP contribution in [0.5, 0.6) is 0 Å². The Bertz CT molecular complexity index is 759. The lowest BCUT2D eigenvalue weighted by Crippen LogP contribution is -2.52. The van der Waals surface area contributed by atoms with Gasteiger partial charge < -0.3 is 14.9 Å². The van der Waals surface area contributed by atoms with E-state index in [4.69, 9.17) is 11.2 Å². The molecule has 0 aromatic carbocycles. The van der Waals surface area contributed by atoms with E-state index in [0.717, 1.165) is 58.2 Å². The molecule has 0 spiro atoms. The fraction of sp³-hybridized carbons (Fsp3) is 0.692. The van der Waals surface area contributed by atoms with Gasteiger partial charge in [0.25, 0.3) is 0 Å². The molecule has 2 fully saturated rings. The number of ether oxygens (including phenoxy) is 1. The van der Waals surface area contributed by atoms with Gasteiger partial charge in [-0.3, -0.25) is 4.90 Å². The number of terminal acetylenes is 1. The molecule has 6 heteroatoms. The van der Waals surface area contributed by atoms with Gasteiger partial charge in [-0.1, -0.05) is 40.8 Å². The average molecular weight is 570 g/mol. The maximum absolute atomic E-state index is 10.1. The van der Waals surface area contributed by atoms with E-state index in [9.17, 15) is 10.2 Å². The quantitative estimate of drug-likeness (QED) is 0.178. The summed E-state index contributed by atoms with van der Waals surface area (Å²) in [7, 11) is 0. The van der Waals surface area contributed by atoms with Gasteiger partial charge in [0.1, 0.15) is 4.11 Å². The molecule has 0 bridgehead atoms. The molecule has 32 heavy (non-hydrogen) atoms. The van der Waals surface area contributed by atoms with Crippen LogP contribution in [0.15, 0.2) is 36.6 Å². The smallest absolute Gasteiger partial charge is 0.109 e. The fourth-order valence-corrected chi connectivity index (χ4v) is 8.83. The fourth-order valence-electron chi connectivity index (χ4n) is 5.88. The number of allylic oxidation sites excluding steroid dienone is 3. The predicted molar refractivity (Wildman–Crippen MR) is 141 cm³/mol. The van der Waals surface area contributed by atoms with Crippen molar-refractivity contribution in [2.75, 3.05) is 19.6 Å². The van der Waals surface area contributed by atoms with Crippen molar-refractivity contribution in [3.05, 3.63) is 36.6 Å². The molecule has 8 atom stereocenters. The maximum atomic E-state index is 10.1. The summed E-state index contributed by atoms with van der Waals surface area (Å²) < 4.78 is 6.43. The minimum absolute atomic E-state index is 0.183. The number of nitrogens with zero attached hydrogens (tertiary/aromatic N) is 1. The first-order valence-corrected chi connectivity index (χ1v) is 14.2. The number of halogens is 1. The zero-order valence-electron chi connectivity index (χ0n) is 18.7. The van der Waals surface area contributed by atoms with E-state index in [1.807, 2.05) is 30.0 Å². The first kappa shape index (κ1) is 24.7. The number of aliphatic hydroxyl groups excluding tert-OH is 2. The second-order valence-corrected chi connectivity index (χ2v) is 12.5. The number of hydrogen-bond acceptors (Lipinski definition) is 5. The molecule has 2 aliphatic heterocycles. The third-order valence-corrected chi connectivity index (χ3v) is 10.3. The van der Waals surface area contributed by atoms with Crippen molar-refractivity contribution in [2.45, 2.75) is 65.3 Å². The largest absolute Gasteiger partial charge is 0.513 e. The predicted octanol–water partition coefficient (Wildman–Crippen LogP) is 4.94. The van der Waals surface area contributed by atoms with E-state index in [2.05, 4.69) is 46.1 Å². The summed E-state index contributed by atoms with van der Waals surface area (Å²) >= 11 is 4.47. The Morgan fingerprint density at radius 3 is 2.84 bits per heavy atom. The first-order valence-electron chi connectivity index (χ1n) is 12.0. The van der Waals surface area contributed by atoms with E-state index in [1.165, 1.54) is 0 Å². The molecule has 0 amide bonds. The topological polar surface area (TPSA) is 52.9 Å². The number of fused-ring (bicyclic) bond motifs is 1. The highest BCUT2D eigenvalue weighted by molar-refractivity contribution is 14.1. The number of thioether (sulfide) groups is 1. The Hall–Kier alpha value is -0.460. The first-order chi connectivity index (χ1) is 15.5. The van der Waals surface area contributed by atoms with Crippen molar-refractivity contribution in [1.29, 1.82) is 0 Å². The van der Waals surface area contributed by atoms with Gasteiger partial charge in [0.05, 0.1) is 18.0 Å². The highest BCUT2D eigenvalue weighted by Gasteiger charge is 2.50. The van der Waals surface area contributed by atoms with Crippen molar-refractivity contribution in [3.8, 4) is 12.3 Å². The summed E-state index contributed by atoms with van der Waals surface area (Å²) in [5.41, 5.74) is 0. The summed E-state index contributed by atoms with van der Waals surface area (Å²) in [6.45, 7) is 6.72. The van der Waals surface area contributed by atoms with Crippen molar-refractivity contribution in [3.63, 3.8) is 0 Å². The van der Waals surface area contributed by atoms with Crippen LogP contribution in [0.4, 0.5) is 0 Å². The molecule has 0 aromatic heterocycles. The minimum Gasteiger partial charge on any atom is -0.513 e. The summed E-state index contributed by atoms with van der Waals surface area (Å²) in [4.78, 5) is 2.34. The van der Waals surface area contributed by atoms with Crippen molar-refractivity contribution >= 4 is 34.4 Å². The molecule has 2 N–H and O–H groups in total. The van der Waals surface area contributed by atoms with Crippen LogP contribution in [-0.4, -0.2) is 61.6 Å². The van der Waals surface area contributed by atoms with Gasteiger partial charge in [-0.2, -0.15) is 11.8 Å². The third kappa shape index (κ3) is 5.78. The van der Waals surface area contributed by atoms with Crippen LogP contribution in [0.1, 0.15) is 38.5 Å². The highest BCUT2D eigenvalue weighted by Crippen LogP contribution is 2.56. The standard InChI is InChI=1S/C26H36INO3S/c1-3-13-28-15-21(16-28)31-24(27)12-7-17(4-2)25-22-11-10-20(30)14-23(22)32-26(25)18-5-8-19(29)9-6-18/h2-3,5,8,10,17-19,21-26,29-30H,1,6-7,9,11-16H2/t17?,18-,19+,22+,23?,24-,25?,26+/m0/s1. The van der Waals surface area contributed by atoms with E-state index in [0.29, 0.717) is 40.1 Å². The second-order valence-electron chi connectivity index (χ2n) is 9.73. The molecule has 2 aliphatic carbocycles. The number of rotatable bonds is 9. The van der Waals surface area contributed by atoms with Gasteiger partial charge in [-0.25, -0.2) is 0 Å². The number of likely N-dealkylation sites (tertiary alicyclic amines) is 1. The molecule has 4 aliphatic rings. The van der Waals surface area contributed by atoms with E-state index < -0.39 is 0 Å². The zero-order valence-corrected chi connectivity index (χ0v) is 21.7. The molecule has 176 valence electrons. The molecule has 0 saturated carbocycles. The van der Waals surface area contributed by atoms with Gasteiger partial charge in [-0.15, -0.1) is 18.9 Å². The summed E-state index contributed by atoms with van der Waals surface area (Å²) in [5.74, 6) is 5.36. The van der Waals surface area contributed by atoms with Crippen LogP contribution >= 0.6 is 34.4 Å². The molecular formula is C26H36INO3S. The Morgan fingerprint density at radius 2 is 2.16 bits per heavy atom. The molecule has 4 nitrogen and oxygen atoms in total. The van der Waals surface area contributed by atoms with E-state index in [1.54, 1.807) is 0 Å². The van der Waals surface area contributed by atoms with Crippen molar-refractivity contribution in [1.82, 2.24) is 4.90 Å². The van der Waals surface area contributed by atoms with E-state index >= 15 is 0 Å². The van der Waals surface area contributed by atoms with Crippen LogP contribution in [-0.2, 0) is 4.74 Å². The molecule has 0 aromatic rings. The number of aliphatic hydroxyl groups is 2. The average Bonchev–Trinajstić information content (AvgIpc) is 3.11. The van der Waals surface area contributed by atoms with Crippen LogP contribution in [0, 0.1) is 36.0 Å². The second kappa shape index (κ2) is 11.3. The zero-order chi connectivity index (χ0) is 22.7. The van der Waals surface area contributed by atoms with Crippen molar-refractivity contribution in [2.24, 2.45) is 23.7 Å². The van der Waals surface area contributed by atoms with Crippen LogP contribution in [0.2, 0.25) is 0 Å². The SMILES string of the molecule is C#CC(CC[C@@H](I)OC1CN(CC=C)C1)C1[C@@H]2CC=C(O)CC2S[C@@H]1[C@H]1C=C[C@@H](O)CC1. The highest BCUT2D eigenvalue weighted by atomic mass is 127. The number of hydrogen-bond donors (Lipinski definition) is 2. The molecule has 2 heterocycles. The Morgan fingerprint density at radius 1 is 1.34 bits per heavy atom. The maximum Gasteiger partial charge on any atom is 0.109 e. The monoisotopic (exact) mass is 569 g/mol. The minimum atomic E-state index is -0.307. The van der Waals surface area contributed by atoms with Crippen LogP contribution in [0.25, 0.3) is 0 Å². The Kier molecular flexibility index (Phi) is 8.72.